The van der Waals surface area contributed by atoms with Gasteiger partial charge >= 0.3 is 11.9 Å². The van der Waals surface area contributed by atoms with E-state index >= 15 is 0 Å². The first-order chi connectivity index (χ1) is 11.3. The van der Waals surface area contributed by atoms with Crippen molar-refractivity contribution in [3.05, 3.63) is 0 Å². The second-order valence-electron chi connectivity index (χ2n) is 8.53. The first-order valence-corrected chi connectivity index (χ1v) is 9.14. The summed E-state index contributed by atoms with van der Waals surface area (Å²) in [5.74, 6) is -0.405. The summed E-state index contributed by atoms with van der Waals surface area (Å²) in [4.78, 5) is 25.4. The van der Waals surface area contributed by atoms with E-state index in [-0.39, 0.29) is 41.2 Å². The van der Waals surface area contributed by atoms with Crippen molar-refractivity contribution in [1.82, 2.24) is 0 Å². The minimum absolute atomic E-state index is 0.0785. The lowest BCUT2D eigenvalue weighted by molar-refractivity contribution is -0.169. The van der Waals surface area contributed by atoms with Crippen LogP contribution in [0.2, 0.25) is 0 Å². The molecule has 0 spiro atoms. The van der Waals surface area contributed by atoms with Crippen molar-refractivity contribution in [3.8, 4) is 0 Å². The topological polar surface area (TPSA) is 72.8 Å². The molecular weight excluding hydrogens is 308 g/mol. The van der Waals surface area contributed by atoms with Crippen molar-refractivity contribution in [1.29, 1.82) is 0 Å². The Morgan fingerprint density at radius 2 is 1.79 bits per heavy atom. The summed E-state index contributed by atoms with van der Waals surface area (Å²) in [6.07, 6.45) is 4.72. The molecule has 4 unspecified atom stereocenters. The predicted molar refractivity (Wildman–Crippen MR) is 87.9 cm³/mol. The first-order valence-electron chi connectivity index (χ1n) is 9.14. The number of carbonyl (C=O) groups is 2. The molecule has 136 valence electrons. The fourth-order valence-electron chi connectivity index (χ4n) is 6.65. The number of aliphatic hydroxyl groups excluding tert-OH is 1. The van der Waals surface area contributed by atoms with Gasteiger partial charge in [0.05, 0.1) is 31.7 Å². The molecule has 0 aromatic rings. The lowest BCUT2D eigenvalue weighted by atomic mass is 9.53. The second kappa shape index (κ2) is 6.01. The Balaban J connectivity index is 2.10. The third-order valence-electron chi connectivity index (χ3n) is 7.47. The van der Waals surface area contributed by atoms with Crippen molar-refractivity contribution in [2.24, 2.45) is 34.5 Å². The molecule has 3 aliphatic carbocycles. The number of aliphatic hydroxyl groups is 1. The van der Waals surface area contributed by atoms with Crippen molar-refractivity contribution in [2.75, 3.05) is 14.2 Å². The van der Waals surface area contributed by atoms with E-state index in [1.165, 1.54) is 14.2 Å². The van der Waals surface area contributed by atoms with Crippen molar-refractivity contribution < 1.29 is 24.2 Å². The number of fused-ring (bicyclic) bond motifs is 3. The van der Waals surface area contributed by atoms with Crippen LogP contribution in [0.4, 0.5) is 0 Å². The standard InChI is InChI=1S/C19H30O5/c1-18-8-5-9-19(2,17(22)24-4)15(18)14(16(21)23-3)12-10-11(20)6-7-13(12)18/h11-15,20H,5-10H2,1-4H3/t11-,12?,13?,14?,15?,18-,19+/m0/s1. The molecule has 0 saturated heterocycles. The molecule has 0 bridgehead atoms. The molecule has 3 aliphatic rings. The highest BCUT2D eigenvalue weighted by Crippen LogP contribution is 2.69. The van der Waals surface area contributed by atoms with Gasteiger partial charge in [-0.1, -0.05) is 13.3 Å². The molecule has 0 aromatic heterocycles. The lowest BCUT2D eigenvalue weighted by Gasteiger charge is -2.50. The Kier molecular flexibility index (Phi) is 4.44. The van der Waals surface area contributed by atoms with Crippen LogP contribution in [0.15, 0.2) is 0 Å². The van der Waals surface area contributed by atoms with Gasteiger partial charge in [0.1, 0.15) is 0 Å². The van der Waals surface area contributed by atoms with Crippen LogP contribution >= 0.6 is 0 Å². The van der Waals surface area contributed by atoms with Gasteiger partial charge in [0.25, 0.3) is 0 Å². The maximum atomic E-state index is 12.7. The zero-order chi connectivity index (χ0) is 17.7. The van der Waals surface area contributed by atoms with Crippen molar-refractivity contribution >= 4 is 11.9 Å². The summed E-state index contributed by atoms with van der Waals surface area (Å²) in [5.41, 5.74) is -0.742. The third kappa shape index (κ3) is 2.31. The van der Waals surface area contributed by atoms with Crippen molar-refractivity contribution in [2.45, 2.75) is 58.5 Å². The molecule has 0 radical (unpaired) electrons. The highest BCUT2D eigenvalue weighted by Gasteiger charge is 2.68. The zero-order valence-electron chi connectivity index (χ0n) is 15.2. The number of rotatable bonds is 2. The van der Waals surface area contributed by atoms with Gasteiger partial charge in [-0.05, 0) is 62.2 Å². The number of ether oxygens (including phenoxy) is 2. The molecule has 3 fully saturated rings. The van der Waals surface area contributed by atoms with Crippen LogP contribution in [-0.2, 0) is 19.1 Å². The average molecular weight is 338 g/mol. The smallest absolute Gasteiger partial charge is 0.311 e. The van der Waals surface area contributed by atoms with Gasteiger partial charge in [-0.25, -0.2) is 0 Å². The Morgan fingerprint density at radius 1 is 1.08 bits per heavy atom. The van der Waals surface area contributed by atoms with E-state index in [4.69, 9.17) is 9.47 Å². The van der Waals surface area contributed by atoms with Gasteiger partial charge in [0.2, 0.25) is 0 Å². The molecule has 3 saturated carbocycles. The molecular formula is C19H30O5. The maximum Gasteiger partial charge on any atom is 0.311 e. The van der Waals surface area contributed by atoms with Gasteiger partial charge in [0, 0.05) is 0 Å². The SMILES string of the molecule is COC(=O)C1C2C[C@@H](O)CCC2[C@]2(C)CCC[C@@](C)(C(=O)OC)C12. The van der Waals surface area contributed by atoms with Crippen LogP contribution in [0.5, 0.6) is 0 Å². The summed E-state index contributed by atoms with van der Waals surface area (Å²) in [5, 5.41) is 10.2. The fourth-order valence-corrected chi connectivity index (χ4v) is 6.65. The fraction of sp³-hybridized carbons (Fsp3) is 0.895. The lowest BCUT2D eigenvalue weighted by Crippen LogP contribution is -2.51. The molecule has 0 amide bonds. The summed E-state index contributed by atoms with van der Waals surface area (Å²) >= 11 is 0. The molecule has 1 N–H and O–H groups in total. The highest BCUT2D eigenvalue weighted by molar-refractivity contribution is 5.80. The average Bonchev–Trinajstić information content (AvgIpc) is 2.83. The highest BCUT2D eigenvalue weighted by atomic mass is 16.5. The predicted octanol–water partition coefficient (Wildman–Crippen LogP) is 2.55. The monoisotopic (exact) mass is 338 g/mol. The number of methoxy groups -OCH3 is 2. The normalized spacial score (nSPS) is 47.5. The van der Waals surface area contributed by atoms with Crippen molar-refractivity contribution in [3.63, 3.8) is 0 Å². The third-order valence-corrected chi connectivity index (χ3v) is 7.47. The second-order valence-corrected chi connectivity index (χ2v) is 8.53. The van der Waals surface area contributed by atoms with Gasteiger partial charge in [0.15, 0.2) is 0 Å². The van der Waals surface area contributed by atoms with Gasteiger partial charge in [-0.2, -0.15) is 0 Å². The molecule has 5 heteroatoms. The molecule has 24 heavy (non-hydrogen) atoms. The van der Waals surface area contributed by atoms with E-state index in [1.807, 2.05) is 6.92 Å². The van der Waals surface area contributed by atoms with E-state index in [2.05, 4.69) is 6.92 Å². The summed E-state index contributed by atoms with van der Waals surface area (Å²) in [7, 11) is 2.85. The zero-order valence-corrected chi connectivity index (χ0v) is 15.2. The van der Waals surface area contributed by atoms with Crippen LogP contribution in [0, 0.1) is 34.5 Å². The number of esters is 2. The number of carbonyl (C=O) groups excluding carboxylic acids is 2. The summed E-state index contributed by atoms with van der Waals surface area (Å²) in [6.45, 7) is 4.21. The molecule has 7 atom stereocenters. The van der Waals surface area contributed by atoms with Crippen LogP contribution in [0.25, 0.3) is 0 Å². The van der Waals surface area contributed by atoms with Crippen LogP contribution in [-0.4, -0.2) is 37.4 Å². The van der Waals surface area contributed by atoms with E-state index in [0.717, 1.165) is 32.1 Å². The Morgan fingerprint density at radius 3 is 2.42 bits per heavy atom. The summed E-state index contributed by atoms with van der Waals surface area (Å²) in [6, 6.07) is 0. The Hall–Kier alpha value is -1.10. The van der Waals surface area contributed by atoms with E-state index in [9.17, 15) is 14.7 Å². The van der Waals surface area contributed by atoms with Crippen LogP contribution < -0.4 is 0 Å². The minimum atomic E-state index is -0.664. The molecule has 0 heterocycles. The van der Waals surface area contributed by atoms with Crippen LogP contribution in [0.1, 0.15) is 52.4 Å². The molecule has 3 rings (SSSR count). The van der Waals surface area contributed by atoms with Gasteiger partial charge in [-0.15, -0.1) is 0 Å². The maximum absolute atomic E-state index is 12.7. The first kappa shape index (κ1) is 17.7. The summed E-state index contributed by atoms with van der Waals surface area (Å²) < 4.78 is 10.3. The molecule has 0 aromatic carbocycles. The number of hydrogen-bond donors (Lipinski definition) is 1. The molecule has 0 aliphatic heterocycles. The van der Waals surface area contributed by atoms with Crippen LogP contribution in [0.3, 0.4) is 0 Å². The number of hydrogen-bond acceptors (Lipinski definition) is 5. The quantitative estimate of drug-likeness (QED) is 0.783. The van der Waals surface area contributed by atoms with E-state index in [0.29, 0.717) is 12.3 Å². The largest absolute Gasteiger partial charge is 0.469 e. The van der Waals surface area contributed by atoms with E-state index < -0.39 is 5.41 Å². The van der Waals surface area contributed by atoms with E-state index in [1.54, 1.807) is 0 Å². The molecule has 5 nitrogen and oxygen atoms in total. The van der Waals surface area contributed by atoms with Gasteiger partial charge in [-0.3, -0.25) is 9.59 Å². The Labute approximate surface area is 144 Å². The minimum Gasteiger partial charge on any atom is -0.469 e. The Bertz CT molecular complexity index is 532. The van der Waals surface area contributed by atoms with Gasteiger partial charge < -0.3 is 14.6 Å².